The number of carbonyl (C=O) groups is 5. The summed E-state index contributed by atoms with van der Waals surface area (Å²) < 4.78 is 14.3. The van der Waals surface area contributed by atoms with Crippen LogP contribution >= 0.6 is 0 Å². The van der Waals surface area contributed by atoms with Gasteiger partial charge in [-0.3, -0.25) is 24.0 Å². The van der Waals surface area contributed by atoms with Crippen LogP contribution in [0.5, 0.6) is 11.5 Å². The lowest BCUT2D eigenvalue weighted by atomic mass is 9.90. The third-order valence-electron chi connectivity index (χ3n) is 11.2. The van der Waals surface area contributed by atoms with E-state index in [4.69, 9.17) is 15.2 Å². The maximum Gasteiger partial charge on any atom is 0.240 e. The Bertz CT molecular complexity index is 2650. The Balaban J connectivity index is 0.000000244. The Hall–Kier alpha value is -7.22. The highest BCUT2D eigenvalue weighted by Gasteiger charge is 2.30. The first-order valence-electron chi connectivity index (χ1n) is 21.6. The fourth-order valence-electron chi connectivity index (χ4n) is 7.79. The summed E-state index contributed by atoms with van der Waals surface area (Å²) in [6.45, 7) is 7.99. The summed E-state index contributed by atoms with van der Waals surface area (Å²) >= 11 is 0. The van der Waals surface area contributed by atoms with Gasteiger partial charge < -0.3 is 44.9 Å². The average Bonchev–Trinajstić information content (AvgIpc) is 4.09. The Kier molecular flexibility index (Phi) is 16.8. The van der Waals surface area contributed by atoms with Crippen molar-refractivity contribution in [2.24, 2.45) is 43.5 Å². The number of aryl methyl sites for hydroxylation is 2. The molecule has 4 aromatic heterocycles. The van der Waals surface area contributed by atoms with Crippen LogP contribution in [-0.2, 0) is 41.3 Å². The largest absolute Gasteiger partial charge is 0.496 e. The topological polar surface area (TPSA) is 245 Å². The Morgan fingerprint density at radius 2 is 1.17 bits per heavy atom. The minimum absolute atomic E-state index is 0.0103. The van der Waals surface area contributed by atoms with Gasteiger partial charge in [-0.15, -0.1) is 0 Å². The van der Waals surface area contributed by atoms with Gasteiger partial charge in [-0.1, -0.05) is 39.8 Å². The van der Waals surface area contributed by atoms with Gasteiger partial charge in [-0.25, -0.2) is 9.97 Å². The highest BCUT2D eigenvalue weighted by molar-refractivity contribution is 6.03. The van der Waals surface area contributed by atoms with Crippen molar-refractivity contribution in [1.29, 1.82) is 5.26 Å². The molecule has 0 saturated heterocycles. The lowest BCUT2D eigenvalue weighted by Crippen LogP contribution is -2.48. The van der Waals surface area contributed by atoms with E-state index in [9.17, 15) is 29.2 Å². The van der Waals surface area contributed by atoms with E-state index in [1.807, 2.05) is 75.7 Å². The minimum atomic E-state index is -0.894. The number of nitrogens with one attached hydrogen (secondary N) is 4. The molecule has 4 atom stereocenters. The number of fused-ring (bicyclic) bond motifs is 2. The van der Waals surface area contributed by atoms with Crippen molar-refractivity contribution in [3.05, 3.63) is 96.4 Å². The van der Waals surface area contributed by atoms with Crippen LogP contribution in [0.3, 0.4) is 0 Å². The summed E-state index contributed by atoms with van der Waals surface area (Å²) in [5.74, 6) is -0.995. The summed E-state index contributed by atoms with van der Waals surface area (Å²) in [6.07, 6.45) is 8.26. The van der Waals surface area contributed by atoms with Crippen molar-refractivity contribution in [2.75, 3.05) is 14.2 Å². The number of benzene rings is 2. The second-order valence-corrected chi connectivity index (χ2v) is 17.2. The van der Waals surface area contributed by atoms with Crippen molar-refractivity contribution in [3.8, 4) is 17.6 Å². The molecule has 344 valence electrons. The number of aromatic amines is 2. The van der Waals surface area contributed by atoms with Crippen molar-refractivity contribution in [1.82, 2.24) is 39.7 Å². The van der Waals surface area contributed by atoms with Crippen molar-refractivity contribution < 1.29 is 33.4 Å². The van der Waals surface area contributed by atoms with E-state index in [-0.39, 0.29) is 54.5 Å². The predicted octanol–water partition coefficient (Wildman–Crippen LogP) is 5.75. The number of nitrogens with zero attached hydrogens (tertiary/aromatic N) is 5. The SMILES string of the molecule is COc1cccc2[nH]c(C(=O)C[C@@H](CC(C)C)C(=O)N[C@@H](Cc3cncn3C)C(N)=O)cc12.COc1cccc2[nH]c(C(=O)C[C@@H](CC(C)C)C(=O)N[C@H](C#N)Cc3cncn3C)cc12. The van der Waals surface area contributed by atoms with Gasteiger partial charge in [-0.05, 0) is 61.1 Å². The quantitative estimate of drug-likeness (QED) is 0.0548. The molecule has 0 fully saturated rings. The number of nitriles is 1. The van der Waals surface area contributed by atoms with Crippen LogP contribution in [0.2, 0.25) is 0 Å². The molecule has 4 heterocycles. The second kappa shape index (κ2) is 22.4. The van der Waals surface area contributed by atoms with E-state index in [0.717, 1.165) is 33.2 Å². The molecule has 0 aliphatic carbocycles. The number of Topliss-reactive ketones (excluding diaryl/α,β-unsaturated/α-hetero) is 2. The van der Waals surface area contributed by atoms with E-state index in [2.05, 4.69) is 36.6 Å². The second-order valence-electron chi connectivity index (χ2n) is 17.2. The molecule has 0 radical (unpaired) electrons. The lowest BCUT2D eigenvalue weighted by molar-refractivity contribution is -0.130. The molecule has 0 bridgehead atoms. The smallest absolute Gasteiger partial charge is 0.240 e. The number of ether oxygens (including phenoxy) is 2. The fourth-order valence-corrected chi connectivity index (χ4v) is 7.79. The number of imidazole rings is 2. The van der Waals surface area contributed by atoms with Crippen LogP contribution in [0.1, 0.15) is 85.7 Å². The van der Waals surface area contributed by atoms with Crippen molar-refractivity contribution in [2.45, 2.75) is 78.3 Å². The molecule has 17 heteroatoms. The summed E-state index contributed by atoms with van der Waals surface area (Å²) in [7, 11) is 6.81. The van der Waals surface area contributed by atoms with Gasteiger partial charge in [0.1, 0.15) is 23.6 Å². The van der Waals surface area contributed by atoms with Crippen LogP contribution in [0.15, 0.2) is 73.6 Å². The number of rotatable bonds is 21. The maximum atomic E-state index is 13.1. The molecule has 17 nitrogen and oxygen atoms in total. The van der Waals surface area contributed by atoms with Gasteiger partial charge in [0.05, 0.1) is 44.3 Å². The normalized spacial score (nSPS) is 13.1. The van der Waals surface area contributed by atoms with Gasteiger partial charge in [0, 0.05) is 97.2 Å². The Morgan fingerprint density at radius 3 is 1.55 bits per heavy atom. The first-order chi connectivity index (χ1) is 31.0. The van der Waals surface area contributed by atoms with Gasteiger partial charge >= 0.3 is 0 Å². The zero-order chi connectivity index (χ0) is 47.4. The molecule has 0 aliphatic rings. The van der Waals surface area contributed by atoms with Crippen LogP contribution in [0.4, 0.5) is 0 Å². The number of ketones is 2. The van der Waals surface area contributed by atoms with Gasteiger partial charge in [0.2, 0.25) is 17.7 Å². The molecule has 6 rings (SSSR count). The molecular weight excluding hydrogens is 829 g/mol. The van der Waals surface area contributed by atoms with E-state index in [1.165, 1.54) is 0 Å². The average molecular weight is 889 g/mol. The summed E-state index contributed by atoms with van der Waals surface area (Å²) in [6, 6.07) is 15.2. The first kappa shape index (κ1) is 48.8. The number of nitrogens with two attached hydrogens (primary N) is 1. The van der Waals surface area contributed by atoms with Crippen LogP contribution in [0, 0.1) is 35.0 Å². The van der Waals surface area contributed by atoms with Gasteiger partial charge in [0.25, 0.3) is 0 Å². The molecule has 6 N–H and O–H groups in total. The summed E-state index contributed by atoms with van der Waals surface area (Å²) in [5, 5.41) is 16.7. The molecular formula is C48H60N10O7. The number of primary amides is 1. The predicted molar refractivity (Wildman–Crippen MR) is 246 cm³/mol. The highest BCUT2D eigenvalue weighted by Crippen LogP contribution is 2.29. The third kappa shape index (κ3) is 12.9. The number of H-pyrrole nitrogens is 2. The summed E-state index contributed by atoms with van der Waals surface area (Å²) in [4.78, 5) is 78.6. The number of amides is 3. The number of methoxy groups -OCH3 is 2. The van der Waals surface area contributed by atoms with E-state index in [0.29, 0.717) is 42.1 Å². The molecule has 0 unspecified atom stereocenters. The molecule has 6 aromatic rings. The maximum absolute atomic E-state index is 13.1. The number of carbonyl (C=O) groups excluding carboxylic acids is 5. The van der Waals surface area contributed by atoms with Crippen molar-refractivity contribution >= 4 is 51.1 Å². The highest BCUT2D eigenvalue weighted by atomic mass is 16.5. The van der Waals surface area contributed by atoms with E-state index >= 15 is 0 Å². The lowest BCUT2D eigenvalue weighted by Gasteiger charge is -2.22. The number of hydrogen-bond acceptors (Lipinski definition) is 10. The first-order valence-corrected chi connectivity index (χ1v) is 21.6. The molecule has 0 aliphatic heterocycles. The Morgan fingerprint density at radius 1 is 0.723 bits per heavy atom. The molecule has 2 aromatic carbocycles. The van der Waals surface area contributed by atoms with E-state index in [1.54, 1.807) is 63.0 Å². The molecule has 65 heavy (non-hydrogen) atoms. The molecule has 0 spiro atoms. The minimum Gasteiger partial charge on any atom is -0.496 e. The van der Waals surface area contributed by atoms with Crippen LogP contribution < -0.4 is 25.8 Å². The standard InChI is InChI=1S/C24H31N5O4.C24H29N5O3/c1-14(2)8-15(24(32)28-20(23(25)31)10-16-12-26-13-29(16)3)9-21(30)19-11-17-18(27-19)6-5-7-22(17)33-4;1-15(2)8-16(24(31)27-17(12-25)10-18-13-26-14-29(18)3)9-22(30)21-11-19-20(28-21)6-5-7-23(19)32-4/h5-7,11-15,20,27H,8-10H2,1-4H3,(H2,25,31)(H,28,32);5-7,11,13-17,28H,8-10H2,1-4H3,(H,27,31)/t15-,20+;16-,17+/m11/s1. The molecule has 3 amide bonds. The summed E-state index contributed by atoms with van der Waals surface area (Å²) in [5.41, 5.74) is 9.61. The monoisotopic (exact) mass is 888 g/mol. The number of hydrogen-bond donors (Lipinski definition) is 5. The van der Waals surface area contributed by atoms with Gasteiger partial charge in [-0.2, -0.15) is 5.26 Å². The van der Waals surface area contributed by atoms with Gasteiger partial charge in [0.15, 0.2) is 11.6 Å². The van der Waals surface area contributed by atoms with Crippen LogP contribution in [-0.4, -0.2) is 84.7 Å². The fraction of sp³-hybridized carbons (Fsp3) is 0.417. The van der Waals surface area contributed by atoms with Crippen LogP contribution in [0.25, 0.3) is 21.8 Å². The van der Waals surface area contributed by atoms with E-state index < -0.39 is 29.8 Å². The van der Waals surface area contributed by atoms with Crippen molar-refractivity contribution in [3.63, 3.8) is 0 Å². The zero-order valence-electron chi connectivity index (χ0n) is 38.3. The molecule has 0 saturated carbocycles. The zero-order valence-corrected chi connectivity index (χ0v) is 38.3. The Labute approximate surface area is 378 Å². The number of aromatic nitrogens is 6. The third-order valence-corrected chi connectivity index (χ3v) is 11.2.